The molecule has 0 aliphatic heterocycles. The summed E-state index contributed by atoms with van der Waals surface area (Å²) in [7, 11) is 1.81. The molecular weight excluding hydrogens is 358 g/mol. The molecule has 3 rings (SSSR count). The second-order valence-electron chi connectivity index (χ2n) is 6.66. The van der Waals surface area contributed by atoms with Crippen molar-refractivity contribution in [1.29, 1.82) is 0 Å². The number of ether oxygens (including phenoxy) is 1. The SMILES string of the molecule is CCc1nc(C)c2c(C)c(C(=O)N(C)CCOc3ccccc3C)sc2n1. The van der Waals surface area contributed by atoms with Gasteiger partial charge < -0.3 is 9.64 Å². The van der Waals surface area contributed by atoms with Gasteiger partial charge in [0.1, 0.15) is 23.0 Å². The van der Waals surface area contributed by atoms with Crippen molar-refractivity contribution in [3.8, 4) is 5.75 Å². The summed E-state index contributed by atoms with van der Waals surface area (Å²) in [5, 5.41) is 1.00. The van der Waals surface area contributed by atoms with Gasteiger partial charge in [0.2, 0.25) is 0 Å². The Morgan fingerprint density at radius 3 is 2.63 bits per heavy atom. The summed E-state index contributed by atoms with van der Waals surface area (Å²) in [5.41, 5.74) is 3.00. The van der Waals surface area contributed by atoms with Crippen molar-refractivity contribution in [3.05, 3.63) is 51.8 Å². The fourth-order valence-corrected chi connectivity index (χ4v) is 4.29. The molecule has 0 radical (unpaired) electrons. The average molecular weight is 384 g/mol. The van der Waals surface area contributed by atoms with E-state index < -0.39 is 0 Å². The van der Waals surface area contributed by atoms with E-state index in [2.05, 4.69) is 9.97 Å². The van der Waals surface area contributed by atoms with Crippen LogP contribution in [-0.4, -0.2) is 41.0 Å². The van der Waals surface area contributed by atoms with Crippen LogP contribution in [0.15, 0.2) is 24.3 Å². The number of aromatic nitrogens is 2. The number of hydrogen-bond acceptors (Lipinski definition) is 5. The minimum absolute atomic E-state index is 0.00123. The van der Waals surface area contributed by atoms with Gasteiger partial charge in [-0.1, -0.05) is 25.1 Å². The summed E-state index contributed by atoms with van der Waals surface area (Å²) < 4.78 is 5.82. The normalized spacial score (nSPS) is 11.0. The number of nitrogens with zero attached hydrogens (tertiary/aromatic N) is 3. The molecule has 0 N–H and O–H groups in total. The van der Waals surface area contributed by atoms with E-state index in [0.29, 0.717) is 13.2 Å². The lowest BCUT2D eigenvalue weighted by molar-refractivity contribution is 0.0778. The largest absolute Gasteiger partial charge is 0.491 e. The molecule has 3 aromatic rings. The first-order valence-corrected chi connectivity index (χ1v) is 9.94. The Hall–Kier alpha value is -2.47. The molecule has 0 aliphatic rings. The van der Waals surface area contributed by atoms with Gasteiger partial charge in [-0.2, -0.15) is 0 Å². The first kappa shape index (κ1) is 19.3. The Bertz CT molecular complexity index is 981. The van der Waals surface area contributed by atoms with E-state index in [4.69, 9.17) is 4.74 Å². The van der Waals surface area contributed by atoms with Crippen molar-refractivity contribution in [1.82, 2.24) is 14.9 Å². The molecule has 1 amide bonds. The second kappa shape index (κ2) is 8.05. The third-order valence-electron chi connectivity index (χ3n) is 4.65. The van der Waals surface area contributed by atoms with Crippen LogP contribution in [0.4, 0.5) is 0 Å². The number of carbonyl (C=O) groups excluding carboxylic acids is 1. The van der Waals surface area contributed by atoms with Gasteiger partial charge in [0.25, 0.3) is 5.91 Å². The van der Waals surface area contributed by atoms with Crippen molar-refractivity contribution in [2.45, 2.75) is 34.1 Å². The van der Waals surface area contributed by atoms with Gasteiger partial charge in [-0.3, -0.25) is 4.79 Å². The third-order valence-corrected chi connectivity index (χ3v) is 5.83. The standard InChI is InChI=1S/C21H25N3O2S/c1-6-17-22-15(4)18-14(3)19(27-20(18)23-17)21(25)24(5)11-12-26-16-10-8-7-9-13(16)2/h7-10H,6,11-12H2,1-5H3. The second-order valence-corrected chi connectivity index (χ2v) is 7.65. The number of amides is 1. The maximum atomic E-state index is 12.9. The molecule has 2 heterocycles. The molecule has 142 valence electrons. The van der Waals surface area contributed by atoms with Crippen LogP contribution in [-0.2, 0) is 6.42 Å². The molecule has 0 fully saturated rings. The van der Waals surface area contributed by atoms with Crippen molar-refractivity contribution in [2.24, 2.45) is 0 Å². The summed E-state index contributed by atoms with van der Waals surface area (Å²) in [6.07, 6.45) is 0.785. The fourth-order valence-electron chi connectivity index (χ4n) is 3.04. The maximum Gasteiger partial charge on any atom is 0.264 e. The molecule has 0 saturated heterocycles. The molecule has 27 heavy (non-hydrogen) atoms. The first-order chi connectivity index (χ1) is 12.9. The highest BCUT2D eigenvalue weighted by Gasteiger charge is 2.21. The summed E-state index contributed by atoms with van der Waals surface area (Å²) in [6, 6.07) is 7.89. The smallest absolute Gasteiger partial charge is 0.264 e. The summed E-state index contributed by atoms with van der Waals surface area (Å²) in [5.74, 6) is 1.68. The van der Waals surface area contributed by atoms with Gasteiger partial charge in [0.15, 0.2) is 0 Å². The Morgan fingerprint density at radius 2 is 1.93 bits per heavy atom. The first-order valence-electron chi connectivity index (χ1n) is 9.12. The van der Waals surface area contributed by atoms with Gasteiger partial charge in [0, 0.05) is 24.5 Å². The predicted molar refractivity (Wildman–Crippen MR) is 110 cm³/mol. The van der Waals surface area contributed by atoms with Crippen molar-refractivity contribution < 1.29 is 9.53 Å². The molecule has 5 nitrogen and oxygen atoms in total. The summed E-state index contributed by atoms with van der Waals surface area (Å²) in [4.78, 5) is 25.4. The van der Waals surface area contributed by atoms with E-state index in [0.717, 1.165) is 49.9 Å². The molecule has 0 spiro atoms. The zero-order valence-electron chi connectivity index (χ0n) is 16.5. The van der Waals surface area contributed by atoms with Crippen LogP contribution in [0.1, 0.15) is 39.2 Å². The number of carbonyl (C=O) groups is 1. The van der Waals surface area contributed by atoms with E-state index in [1.54, 1.807) is 4.90 Å². The number of aryl methyl sites for hydroxylation is 4. The van der Waals surface area contributed by atoms with E-state index in [1.165, 1.54) is 11.3 Å². The topological polar surface area (TPSA) is 55.3 Å². The van der Waals surface area contributed by atoms with Crippen molar-refractivity contribution in [3.63, 3.8) is 0 Å². The number of fused-ring (bicyclic) bond motifs is 1. The highest BCUT2D eigenvalue weighted by Crippen LogP contribution is 2.32. The van der Waals surface area contributed by atoms with Crippen LogP contribution >= 0.6 is 11.3 Å². The highest BCUT2D eigenvalue weighted by atomic mass is 32.1. The lowest BCUT2D eigenvalue weighted by Crippen LogP contribution is -2.30. The molecule has 0 atom stereocenters. The van der Waals surface area contributed by atoms with Gasteiger partial charge in [-0.25, -0.2) is 9.97 Å². The van der Waals surface area contributed by atoms with Crippen molar-refractivity contribution in [2.75, 3.05) is 20.2 Å². The zero-order chi connectivity index (χ0) is 19.6. The number of hydrogen-bond donors (Lipinski definition) is 0. The third kappa shape index (κ3) is 3.95. The van der Waals surface area contributed by atoms with Gasteiger partial charge in [0.05, 0.1) is 11.4 Å². The van der Waals surface area contributed by atoms with Crippen LogP contribution in [0.25, 0.3) is 10.2 Å². The average Bonchev–Trinajstić information content (AvgIpc) is 2.99. The van der Waals surface area contributed by atoms with Gasteiger partial charge in [-0.05, 0) is 38.0 Å². The molecule has 0 aliphatic carbocycles. The van der Waals surface area contributed by atoms with Crippen molar-refractivity contribution >= 4 is 27.5 Å². The predicted octanol–water partition coefficient (Wildman–Crippen LogP) is 4.33. The number of likely N-dealkylation sites (N-methyl/N-ethyl adjacent to an activating group) is 1. The van der Waals surface area contributed by atoms with Crippen LogP contribution < -0.4 is 4.74 Å². The van der Waals surface area contributed by atoms with Crippen LogP contribution in [0.2, 0.25) is 0 Å². The Balaban J connectivity index is 1.74. The number of benzene rings is 1. The van der Waals surface area contributed by atoms with Gasteiger partial charge >= 0.3 is 0 Å². The quantitative estimate of drug-likeness (QED) is 0.636. The molecule has 1 aromatic carbocycles. The molecular formula is C21H25N3O2S. The Kier molecular flexibility index (Phi) is 5.75. The van der Waals surface area contributed by atoms with E-state index in [9.17, 15) is 4.79 Å². The minimum Gasteiger partial charge on any atom is -0.491 e. The molecule has 0 saturated carbocycles. The molecule has 2 aromatic heterocycles. The zero-order valence-corrected chi connectivity index (χ0v) is 17.3. The molecule has 6 heteroatoms. The van der Waals surface area contributed by atoms with E-state index in [1.807, 2.05) is 59.0 Å². The highest BCUT2D eigenvalue weighted by molar-refractivity contribution is 7.20. The Morgan fingerprint density at radius 1 is 1.19 bits per heavy atom. The molecule has 0 unspecified atom stereocenters. The van der Waals surface area contributed by atoms with E-state index in [-0.39, 0.29) is 5.91 Å². The number of thiophene rings is 1. The lowest BCUT2D eigenvalue weighted by atomic mass is 10.1. The maximum absolute atomic E-state index is 12.9. The van der Waals surface area contributed by atoms with Gasteiger partial charge in [-0.15, -0.1) is 11.3 Å². The summed E-state index contributed by atoms with van der Waals surface area (Å²) in [6.45, 7) is 8.98. The fraction of sp³-hybridized carbons (Fsp3) is 0.381. The van der Waals surface area contributed by atoms with Crippen LogP contribution in [0, 0.1) is 20.8 Å². The van der Waals surface area contributed by atoms with E-state index >= 15 is 0 Å². The Labute approximate surface area is 164 Å². The minimum atomic E-state index is 0.00123. The lowest BCUT2D eigenvalue weighted by Gasteiger charge is -2.17. The van der Waals surface area contributed by atoms with Crippen LogP contribution in [0.5, 0.6) is 5.75 Å². The molecule has 0 bridgehead atoms. The monoisotopic (exact) mass is 383 g/mol. The number of para-hydroxylation sites is 1. The number of rotatable bonds is 6. The van der Waals surface area contributed by atoms with Crippen LogP contribution in [0.3, 0.4) is 0 Å². The summed E-state index contributed by atoms with van der Waals surface area (Å²) >= 11 is 1.45.